The van der Waals surface area contributed by atoms with Crippen molar-refractivity contribution in [1.29, 1.82) is 0 Å². The van der Waals surface area contributed by atoms with E-state index in [1.165, 1.54) is 55.4 Å². The number of aryl methyl sites for hydroxylation is 1. The number of hydrogen-bond donors (Lipinski definition) is 0. The number of pyridine rings is 1. The molecular weight excluding hydrogens is 244 g/mol. The van der Waals surface area contributed by atoms with Gasteiger partial charge in [0.25, 0.3) is 0 Å². The standard InChI is InChI=1S/C18H22N2/c1-13-8-9-17-16(7-4-10-19-17)18(13)20-11-14-5-2-3-6-15(14)12-20/h4,7-10,14-15H,2-3,5-6,11-12H2,1H3. The molecule has 4 rings (SSSR count). The fraction of sp³-hybridized carbons (Fsp3) is 0.500. The molecule has 1 saturated heterocycles. The largest absolute Gasteiger partial charge is 0.370 e. The summed E-state index contributed by atoms with van der Waals surface area (Å²) < 4.78 is 0. The van der Waals surface area contributed by atoms with E-state index >= 15 is 0 Å². The van der Waals surface area contributed by atoms with E-state index < -0.39 is 0 Å². The highest BCUT2D eigenvalue weighted by Gasteiger charge is 2.35. The first-order chi connectivity index (χ1) is 9.83. The van der Waals surface area contributed by atoms with Crippen LogP contribution in [0.25, 0.3) is 10.9 Å². The van der Waals surface area contributed by atoms with Crippen molar-refractivity contribution in [3.05, 3.63) is 36.0 Å². The zero-order valence-electron chi connectivity index (χ0n) is 12.2. The van der Waals surface area contributed by atoms with Crippen molar-refractivity contribution in [3.63, 3.8) is 0 Å². The summed E-state index contributed by atoms with van der Waals surface area (Å²) in [5.41, 5.74) is 3.96. The third kappa shape index (κ3) is 1.90. The second kappa shape index (κ2) is 4.76. The Morgan fingerprint density at radius 3 is 2.55 bits per heavy atom. The minimum atomic E-state index is 0.926. The molecule has 0 N–H and O–H groups in total. The van der Waals surface area contributed by atoms with Gasteiger partial charge in [-0.2, -0.15) is 0 Å². The third-order valence-electron chi connectivity index (χ3n) is 5.25. The minimum Gasteiger partial charge on any atom is -0.370 e. The quantitative estimate of drug-likeness (QED) is 0.770. The number of nitrogens with zero attached hydrogens (tertiary/aromatic N) is 2. The molecule has 2 unspecified atom stereocenters. The molecule has 2 aliphatic rings. The van der Waals surface area contributed by atoms with E-state index in [-0.39, 0.29) is 0 Å². The third-order valence-corrected chi connectivity index (χ3v) is 5.25. The van der Waals surface area contributed by atoms with E-state index in [2.05, 4.69) is 41.1 Å². The summed E-state index contributed by atoms with van der Waals surface area (Å²) in [6.07, 6.45) is 7.63. The molecule has 1 saturated carbocycles. The molecule has 2 nitrogen and oxygen atoms in total. The number of rotatable bonds is 1. The molecule has 2 atom stereocenters. The molecular formula is C18H22N2. The van der Waals surface area contributed by atoms with E-state index in [9.17, 15) is 0 Å². The average molecular weight is 266 g/mol. The molecule has 1 aromatic carbocycles. The highest BCUT2D eigenvalue weighted by Crippen LogP contribution is 2.40. The van der Waals surface area contributed by atoms with Crippen LogP contribution in [0, 0.1) is 18.8 Å². The Hall–Kier alpha value is -1.57. The van der Waals surface area contributed by atoms with E-state index in [1.54, 1.807) is 0 Å². The Morgan fingerprint density at radius 1 is 1.05 bits per heavy atom. The molecule has 2 heterocycles. The second-order valence-electron chi connectivity index (χ2n) is 6.51. The maximum Gasteiger partial charge on any atom is 0.0722 e. The first-order valence-corrected chi connectivity index (χ1v) is 7.92. The molecule has 0 spiro atoms. The molecule has 0 bridgehead atoms. The van der Waals surface area contributed by atoms with Crippen molar-refractivity contribution in [2.24, 2.45) is 11.8 Å². The zero-order valence-corrected chi connectivity index (χ0v) is 12.2. The van der Waals surface area contributed by atoms with Crippen LogP contribution in [0.3, 0.4) is 0 Å². The molecule has 0 radical (unpaired) electrons. The lowest BCUT2D eigenvalue weighted by atomic mass is 9.82. The molecule has 104 valence electrons. The number of fused-ring (bicyclic) bond motifs is 2. The first kappa shape index (κ1) is 12.2. The van der Waals surface area contributed by atoms with Gasteiger partial charge in [-0.1, -0.05) is 18.9 Å². The smallest absolute Gasteiger partial charge is 0.0722 e. The van der Waals surface area contributed by atoms with Crippen LogP contribution < -0.4 is 4.90 Å². The van der Waals surface area contributed by atoms with Crippen LogP contribution in [0.1, 0.15) is 31.2 Å². The SMILES string of the molecule is Cc1ccc2ncccc2c1N1CC2CCCCC2C1. The van der Waals surface area contributed by atoms with Gasteiger partial charge < -0.3 is 4.90 Å². The van der Waals surface area contributed by atoms with Gasteiger partial charge in [-0.3, -0.25) is 4.98 Å². The van der Waals surface area contributed by atoms with E-state index in [4.69, 9.17) is 0 Å². The van der Waals surface area contributed by atoms with Crippen LogP contribution in [0.5, 0.6) is 0 Å². The lowest BCUT2D eigenvalue weighted by molar-refractivity contribution is 0.299. The Kier molecular flexibility index (Phi) is 2.90. The van der Waals surface area contributed by atoms with Gasteiger partial charge in [-0.05, 0) is 55.4 Å². The van der Waals surface area contributed by atoms with Gasteiger partial charge in [0, 0.05) is 30.4 Å². The van der Waals surface area contributed by atoms with Crippen LogP contribution in [0.2, 0.25) is 0 Å². The normalized spacial score (nSPS) is 25.9. The van der Waals surface area contributed by atoms with Gasteiger partial charge >= 0.3 is 0 Å². The maximum absolute atomic E-state index is 4.52. The van der Waals surface area contributed by atoms with E-state index in [0.29, 0.717) is 0 Å². The van der Waals surface area contributed by atoms with Gasteiger partial charge in [0.05, 0.1) is 5.52 Å². The van der Waals surface area contributed by atoms with Crippen LogP contribution in [-0.4, -0.2) is 18.1 Å². The Bertz CT molecular complexity index is 620. The molecule has 20 heavy (non-hydrogen) atoms. The van der Waals surface area contributed by atoms with Gasteiger partial charge in [-0.15, -0.1) is 0 Å². The summed E-state index contributed by atoms with van der Waals surface area (Å²) in [7, 11) is 0. The van der Waals surface area contributed by atoms with E-state index in [0.717, 1.165) is 17.4 Å². The molecule has 0 amide bonds. The molecule has 2 aromatic rings. The van der Waals surface area contributed by atoms with Crippen LogP contribution in [0.15, 0.2) is 30.5 Å². The summed E-state index contributed by atoms with van der Waals surface area (Å²) >= 11 is 0. The fourth-order valence-corrected chi connectivity index (χ4v) is 4.25. The number of hydrogen-bond acceptors (Lipinski definition) is 2. The van der Waals surface area contributed by atoms with Crippen molar-refractivity contribution in [2.75, 3.05) is 18.0 Å². The topological polar surface area (TPSA) is 16.1 Å². The monoisotopic (exact) mass is 266 g/mol. The number of aromatic nitrogens is 1. The summed E-state index contributed by atoms with van der Waals surface area (Å²) in [6, 6.07) is 8.67. The zero-order chi connectivity index (χ0) is 13.5. The van der Waals surface area contributed by atoms with Gasteiger partial charge in [0.15, 0.2) is 0 Å². The highest BCUT2D eigenvalue weighted by atomic mass is 15.2. The molecule has 2 heteroatoms. The van der Waals surface area contributed by atoms with Crippen molar-refractivity contribution in [3.8, 4) is 0 Å². The fourth-order valence-electron chi connectivity index (χ4n) is 4.25. The average Bonchev–Trinajstić information content (AvgIpc) is 2.90. The van der Waals surface area contributed by atoms with E-state index in [1.807, 2.05) is 6.20 Å². The predicted molar refractivity (Wildman–Crippen MR) is 84.1 cm³/mol. The lowest BCUT2D eigenvalue weighted by Crippen LogP contribution is -2.21. The first-order valence-electron chi connectivity index (χ1n) is 7.92. The van der Waals surface area contributed by atoms with Crippen LogP contribution >= 0.6 is 0 Å². The van der Waals surface area contributed by atoms with Gasteiger partial charge in [-0.25, -0.2) is 0 Å². The van der Waals surface area contributed by atoms with Gasteiger partial charge in [0.1, 0.15) is 0 Å². The van der Waals surface area contributed by atoms with Gasteiger partial charge in [0.2, 0.25) is 0 Å². The molecule has 1 aliphatic heterocycles. The predicted octanol–water partition coefficient (Wildman–Crippen LogP) is 4.17. The number of benzene rings is 1. The molecule has 1 aliphatic carbocycles. The van der Waals surface area contributed by atoms with Crippen LogP contribution in [0.4, 0.5) is 5.69 Å². The van der Waals surface area contributed by atoms with Crippen molar-refractivity contribution in [2.45, 2.75) is 32.6 Å². The summed E-state index contributed by atoms with van der Waals surface area (Å²) in [6.45, 7) is 4.74. The number of anilines is 1. The van der Waals surface area contributed by atoms with Crippen LogP contribution in [-0.2, 0) is 0 Å². The maximum atomic E-state index is 4.52. The minimum absolute atomic E-state index is 0.926. The lowest BCUT2D eigenvalue weighted by Gasteiger charge is -2.23. The van der Waals surface area contributed by atoms with Crippen molar-refractivity contribution >= 4 is 16.6 Å². The summed E-state index contributed by atoms with van der Waals surface area (Å²) in [4.78, 5) is 7.16. The Morgan fingerprint density at radius 2 is 1.80 bits per heavy atom. The van der Waals surface area contributed by atoms with Crippen molar-refractivity contribution < 1.29 is 0 Å². The molecule has 1 aromatic heterocycles. The second-order valence-corrected chi connectivity index (χ2v) is 6.51. The Balaban J connectivity index is 1.77. The van der Waals surface area contributed by atoms with Crippen molar-refractivity contribution in [1.82, 2.24) is 4.98 Å². The molecule has 2 fully saturated rings. The summed E-state index contributed by atoms with van der Waals surface area (Å²) in [5.74, 6) is 1.85. The highest BCUT2D eigenvalue weighted by molar-refractivity contribution is 5.93. The summed E-state index contributed by atoms with van der Waals surface area (Å²) in [5, 5.41) is 1.33. The Labute approximate surface area is 120 Å².